The Bertz CT molecular complexity index is 1240. The van der Waals surface area contributed by atoms with Crippen LogP contribution in [0.5, 0.6) is 0 Å². The molecule has 0 saturated heterocycles. The van der Waals surface area contributed by atoms with E-state index in [0.29, 0.717) is 6.54 Å². The van der Waals surface area contributed by atoms with Gasteiger partial charge < -0.3 is 10.0 Å². The van der Waals surface area contributed by atoms with Crippen LogP contribution in [-0.4, -0.2) is 42.5 Å². The molecule has 1 aromatic carbocycles. The second kappa shape index (κ2) is 11.7. The molecular weight excluding hydrogens is 502 g/mol. The number of rotatable bonds is 10. The van der Waals surface area contributed by atoms with Crippen molar-refractivity contribution >= 4 is 47.3 Å². The summed E-state index contributed by atoms with van der Waals surface area (Å²) in [5.41, 5.74) is 5.09. The third-order valence-corrected chi connectivity index (χ3v) is 7.48. The summed E-state index contributed by atoms with van der Waals surface area (Å²) in [6, 6.07) is 16.3. The Morgan fingerprint density at radius 2 is 1.97 bits per heavy atom. The summed E-state index contributed by atoms with van der Waals surface area (Å²) in [5, 5.41) is 18.9. The standard InChI is InChI=1S/C25H27N5O2S2.ClH/c1-17-13-22(29-28-17)30(12-11-20-16-33-24(27-20)34-25(2,3)23(31)32)15-18-9-10-21(26-14-18)19-7-5-4-6-8-19;/h4-10,13-14,16H,11-12,15H2,1-3H3,(H,28,29)(H,31,32);1H. The molecule has 0 amide bonds. The molecule has 184 valence electrons. The third-order valence-electron chi connectivity index (χ3n) is 5.31. The van der Waals surface area contributed by atoms with Gasteiger partial charge in [0.15, 0.2) is 10.2 Å². The molecule has 0 radical (unpaired) electrons. The van der Waals surface area contributed by atoms with Crippen molar-refractivity contribution in [2.45, 2.75) is 42.8 Å². The van der Waals surface area contributed by atoms with Gasteiger partial charge in [-0.25, -0.2) is 4.98 Å². The van der Waals surface area contributed by atoms with E-state index in [0.717, 1.165) is 51.3 Å². The largest absolute Gasteiger partial charge is 0.480 e. The zero-order chi connectivity index (χ0) is 24.1. The van der Waals surface area contributed by atoms with Gasteiger partial charge in [0.2, 0.25) is 0 Å². The maximum Gasteiger partial charge on any atom is 0.319 e. The Kier molecular flexibility index (Phi) is 8.93. The minimum absolute atomic E-state index is 0. The Labute approximate surface area is 219 Å². The van der Waals surface area contributed by atoms with Gasteiger partial charge in [-0.1, -0.05) is 48.2 Å². The minimum atomic E-state index is -0.910. The van der Waals surface area contributed by atoms with E-state index >= 15 is 0 Å². The number of thioether (sulfide) groups is 1. The number of aromatic amines is 1. The molecule has 0 aliphatic rings. The number of halogens is 1. The molecule has 4 rings (SSSR count). The predicted molar refractivity (Wildman–Crippen MR) is 145 cm³/mol. The molecule has 4 aromatic rings. The number of aryl methyl sites for hydroxylation is 1. The van der Waals surface area contributed by atoms with Crippen molar-refractivity contribution in [3.8, 4) is 11.3 Å². The lowest BCUT2D eigenvalue weighted by Crippen LogP contribution is -2.27. The molecule has 35 heavy (non-hydrogen) atoms. The Morgan fingerprint density at radius 1 is 1.20 bits per heavy atom. The van der Waals surface area contributed by atoms with Crippen LogP contribution >= 0.6 is 35.5 Å². The summed E-state index contributed by atoms with van der Waals surface area (Å²) in [7, 11) is 0. The van der Waals surface area contributed by atoms with Crippen LogP contribution in [0.25, 0.3) is 11.3 Å². The van der Waals surface area contributed by atoms with Crippen molar-refractivity contribution in [2.75, 3.05) is 11.4 Å². The van der Waals surface area contributed by atoms with Gasteiger partial charge in [-0.2, -0.15) is 5.10 Å². The van der Waals surface area contributed by atoms with E-state index in [9.17, 15) is 9.90 Å². The number of hydrogen-bond acceptors (Lipinski definition) is 7. The van der Waals surface area contributed by atoms with Crippen molar-refractivity contribution in [1.82, 2.24) is 20.2 Å². The van der Waals surface area contributed by atoms with Crippen molar-refractivity contribution in [2.24, 2.45) is 0 Å². The van der Waals surface area contributed by atoms with E-state index in [2.05, 4.69) is 43.3 Å². The molecule has 0 bridgehead atoms. The highest BCUT2D eigenvalue weighted by atomic mass is 35.5. The summed E-state index contributed by atoms with van der Waals surface area (Å²) >= 11 is 2.77. The Balaban J connectivity index is 0.00000342. The van der Waals surface area contributed by atoms with Crippen LogP contribution in [0.3, 0.4) is 0 Å². The van der Waals surface area contributed by atoms with Crippen LogP contribution in [0.1, 0.15) is 30.8 Å². The number of carboxylic acid groups (broad SMARTS) is 1. The first-order valence-electron chi connectivity index (χ1n) is 10.9. The summed E-state index contributed by atoms with van der Waals surface area (Å²) in [4.78, 5) is 22.9. The molecule has 0 unspecified atom stereocenters. The summed E-state index contributed by atoms with van der Waals surface area (Å²) in [5.74, 6) is 0.0303. The quantitative estimate of drug-likeness (QED) is 0.248. The molecular formula is C25H28ClN5O2S2. The van der Waals surface area contributed by atoms with Gasteiger partial charge in [0.1, 0.15) is 4.75 Å². The monoisotopic (exact) mass is 529 g/mol. The molecule has 3 aromatic heterocycles. The van der Waals surface area contributed by atoms with Gasteiger partial charge >= 0.3 is 5.97 Å². The molecule has 0 atom stereocenters. The average molecular weight is 530 g/mol. The molecule has 10 heteroatoms. The number of anilines is 1. The molecule has 3 heterocycles. The average Bonchev–Trinajstić information content (AvgIpc) is 3.46. The molecule has 0 fully saturated rings. The van der Waals surface area contributed by atoms with Crippen LogP contribution in [0.2, 0.25) is 0 Å². The number of nitrogens with zero attached hydrogens (tertiary/aromatic N) is 4. The maximum atomic E-state index is 11.4. The Hall–Kier alpha value is -2.88. The van der Waals surface area contributed by atoms with Crippen molar-refractivity contribution in [3.05, 3.63) is 77.1 Å². The zero-order valence-corrected chi connectivity index (χ0v) is 22.2. The van der Waals surface area contributed by atoms with E-state index < -0.39 is 10.7 Å². The summed E-state index contributed by atoms with van der Waals surface area (Å²) < 4.78 is -0.141. The van der Waals surface area contributed by atoms with Gasteiger partial charge in [0.25, 0.3) is 0 Å². The fourth-order valence-corrected chi connectivity index (χ4v) is 5.55. The van der Waals surface area contributed by atoms with Crippen LogP contribution in [0.15, 0.2) is 64.4 Å². The second-order valence-corrected chi connectivity index (χ2v) is 11.2. The molecule has 0 saturated carbocycles. The zero-order valence-electron chi connectivity index (χ0n) is 19.8. The number of H-pyrrole nitrogens is 1. The first-order chi connectivity index (χ1) is 16.3. The minimum Gasteiger partial charge on any atom is -0.480 e. The van der Waals surface area contributed by atoms with Gasteiger partial charge in [-0.05, 0) is 32.4 Å². The number of nitrogens with one attached hydrogen (secondary N) is 1. The van der Waals surface area contributed by atoms with Gasteiger partial charge in [-0.15, -0.1) is 23.7 Å². The van der Waals surface area contributed by atoms with E-state index in [1.54, 1.807) is 13.8 Å². The number of carbonyl (C=O) groups is 1. The van der Waals surface area contributed by atoms with Crippen LogP contribution in [-0.2, 0) is 17.8 Å². The van der Waals surface area contributed by atoms with Crippen molar-refractivity contribution in [1.29, 1.82) is 0 Å². The number of thiazole rings is 1. The number of aliphatic carboxylic acids is 1. The maximum absolute atomic E-state index is 11.4. The molecule has 0 spiro atoms. The highest BCUT2D eigenvalue weighted by molar-refractivity contribution is 8.03. The van der Waals surface area contributed by atoms with Crippen molar-refractivity contribution < 1.29 is 9.90 Å². The number of carboxylic acids is 1. The highest BCUT2D eigenvalue weighted by Gasteiger charge is 2.29. The van der Waals surface area contributed by atoms with Gasteiger partial charge in [0, 0.05) is 48.4 Å². The number of benzene rings is 1. The smallest absolute Gasteiger partial charge is 0.319 e. The van der Waals surface area contributed by atoms with E-state index in [4.69, 9.17) is 0 Å². The van der Waals surface area contributed by atoms with E-state index in [1.165, 1.54) is 23.1 Å². The molecule has 7 nitrogen and oxygen atoms in total. The predicted octanol–water partition coefficient (Wildman–Crippen LogP) is 5.86. The summed E-state index contributed by atoms with van der Waals surface area (Å²) in [6.45, 7) is 6.77. The lowest BCUT2D eigenvalue weighted by molar-refractivity contribution is -0.138. The first-order valence-corrected chi connectivity index (χ1v) is 12.6. The van der Waals surface area contributed by atoms with Crippen molar-refractivity contribution in [3.63, 3.8) is 0 Å². The molecule has 2 N–H and O–H groups in total. The van der Waals surface area contributed by atoms with Crippen LogP contribution < -0.4 is 4.90 Å². The number of hydrogen-bond donors (Lipinski definition) is 2. The highest BCUT2D eigenvalue weighted by Crippen LogP contribution is 2.34. The fraction of sp³-hybridized carbons (Fsp3) is 0.280. The van der Waals surface area contributed by atoms with E-state index in [1.807, 2.05) is 48.8 Å². The van der Waals surface area contributed by atoms with Gasteiger partial charge in [0.05, 0.1) is 11.4 Å². The SMILES string of the molecule is Cc1cc(N(CCc2csc(SC(C)(C)C(=O)O)n2)Cc2ccc(-c3ccccc3)nc2)n[nH]1.Cl. The topological polar surface area (TPSA) is 95.0 Å². The summed E-state index contributed by atoms with van der Waals surface area (Å²) in [6.07, 6.45) is 2.65. The lowest BCUT2D eigenvalue weighted by Gasteiger charge is -2.22. The second-order valence-electron chi connectivity index (χ2n) is 8.52. The Morgan fingerprint density at radius 3 is 2.60 bits per heavy atom. The number of pyridine rings is 1. The first kappa shape index (κ1) is 26.7. The van der Waals surface area contributed by atoms with Crippen LogP contribution in [0.4, 0.5) is 5.82 Å². The molecule has 0 aliphatic carbocycles. The third kappa shape index (κ3) is 7.06. The van der Waals surface area contributed by atoms with Crippen LogP contribution in [0, 0.1) is 6.92 Å². The number of aromatic nitrogens is 4. The van der Waals surface area contributed by atoms with Gasteiger partial charge in [-0.3, -0.25) is 14.9 Å². The molecule has 0 aliphatic heterocycles. The lowest BCUT2D eigenvalue weighted by atomic mass is 10.1. The normalized spacial score (nSPS) is 11.2. The fourth-order valence-electron chi connectivity index (χ4n) is 3.32. The van der Waals surface area contributed by atoms with E-state index in [-0.39, 0.29) is 12.4 Å².